The monoisotopic (exact) mass is 291 g/mol. The molecule has 0 saturated heterocycles. The maximum Gasteiger partial charge on any atom is 0.273 e. The van der Waals surface area contributed by atoms with Crippen molar-refractivity contribution in [2.75, 3.05) is 25.6 Å². The minimum Gasteiger partial charge on any atom is -0.494 e. The molecule has 0 N–H and O–H groups in total. The third-order valence-electron chi connectivity index (χ3n) is 3.65. The number of carbonyl (C=O) groups excluding carboxylic acids is 1. The van der Waals surface area contributed by atoms with Crippen molar-refractivity contribution in [3.8, 4) is 5.75 Å². The molecule has 0 saturated carbocycles. The number of rotatable bonds is 4. The summed E-state index contributed by atoms with van der Waals surface area (Å²) in [5.74, 6) is -0.0663. The molecule has 0 fully saturated rings. The van der Waals surface area contributed by atoms with Crippen molar-refractivity contribution in [1.29, 1.82) is 0 Å². The van der Waals surface area contributed by atoms with Crippen LogP contribution in [0.2, 0.25) is 0 Å². The van der Waals surface area contributed by atoms with Gasteiger partial charge in [-0.15, -0.1) is 0 Å². The highest BCUT2D eigenvalue weighted by atomic mass is 16.6. The van der Waals surface area contributed by atoms with E-state index >= 15 is 0 Å². The van der Waals surface area contributed by atoms with Crippen molar-refractivity contribution in [3.63, 3.8) is 0 Å². The first-order chi connectivity index (χ1) is 9.86. The Hall–Kier alpha value is -2.80. The number of hydrogen-bond acceptors (Lipinski definition) is 5. The number of amides is 1. The number of carbonyl (C=O) groups is 1. The van der Waals surface area contributed by atoms with Crippen LogP contribution >= 0.6 is 0 Å². The van der Waals surface area contributed by atoms with Gasteiger partial charge in [0.2, 0.25) is 5.91 Å². The molecule has 1 aliphatic rings. The fourth-order valence-electron chi connectivity index (χ4n) is 2.53. The van der Waals surface area contributed by atoms with Gasteiger partial charge in [-0.1, -0.05) is 5.11 Å². The molecule has 2 rings (SSSR count). The number of methoxy groups -OCH3 is 1. The second-order valence-corrected chi connectivity index (χ2v) is 4.89. The number of azide groups is 1. The smallest absolute Gasteiger partial charge is 0.273 e. The predicted octanol–water partition coefficient (Wildman–Crippen LogP) is 2.15. The van der Waals surface area contributed by atoms with Crippen molar-refractivity contribution >= 4 is 17.3 Å². The number of nitro groups is 1. The number of ether oxygens (including phenoxy) is 1. The standard InChI is InChI=1S/C12H13N5O4/c1-12(6-14-15-13)8-4-7(17(19)20)5-9(21-3)10(8)16(2)11(12)18/h4-5H,6H2,1-3H3/t12-/m1/s1. The van der Waals surface area contributed by atoms with Gasteiger partial charge >= 0.3 is 0 Å². The van der Waals surface area contributed by atoms with E-state index in [4.69, 9.17) is 10.3 Å². The number of nitro benzene ring substituents is 1. The largest absolute Gasteiger partial charge is 0.494 e. The van der Waals surface area contributed by atoms with Crippen LogP contribution in [0.3, 0.4) is 0 Å². The second kappa shape index (κ2) is 4.95. The number of benzene rings is 1. The summed E-state index contributed by atoms with van der Waals surface area (Å²) in [5, 5.41) is 14.5. The van der Waals surface area contributed by atoms with Crippen LogP contribution in [0.4, 0.5) is 11.4 Å². The Balaban J connectivity index is 2.74. The Kier molecular flexibility index (Phi) is 3.44. The van der Waals surface area contributed by atoms with Crippen LogP contribution in [0.5, 0.6) is 5.75 Å². The lowest BCUT2D eigenvalue weighted by Gasteiger charge is -2.20. The van der Waals surface area contributed by atoms with Crippen LogP contribution in [-0.4, -0.2) is 31.5 Å². The Morgan fingerprint density at radius 3 is 2.76 bits per heavy atom. The lowest BCUT2D eigenvalue weighted by atomic mass is 9.83. The summed E-state index contributed by atoms with van der Waals surface area (Å²) in [6.07, 6.45) is 0. The van der Waals surface area contributed by atoms with Crippen LogP contribution in [0.1, 0.15) is 12.5 Å². The van der Waals surface area contributed by atoms with Gasteiger partial charge in [0.25, 0.3) is 5.69 Å². The van der Waals surface area contributed by atoms with Gasteiger partial charge in [-0.3, -0.25) is 14.9 Å². The highest BCUT2D eigenvalue weighted by molar-refractivity contribution is 6.09. The number of anilines is 1. The molecule has 0 aromatic heterocycles. The first kappa shape index (κ1) is 14.6. The lowest BCUT2D eigenvalue weighted by Crippen LogP contribution is -2.38. The van der Waals surface area contributed by atoms with E-state index in [1.54, 1.807) is 14.0 Å². The molecule has 1 atom stereocenters. The van der Waals surface area contributed by atoms with Gasteiger partial charge < -0.3 is 9.64 Å². The van der Waals surface area contributed by atoms with Crippen LogP contribution in [0.15, 0.2) is 17.2 Å². The highest BCUT2D eigenvalue weighted by Gasteiger charge is 2.48. The average molecular weight is 291 g/mol. The molecular weight excluding hydrogens is 278 g/mol. The van der Waals surface area contributed by atoms with E-state index in [0.29, 0.717) is 11.3 Å². The van der Waals surface area contributed by atoms with Gasteiger partial charge in [0.15, 0.2) is 0 Å². The molecule has 1 amide bonds. The number of non-ortho nitro benzene ring substituents is 1. The third kappa shape index (κ3) is 2.03. The molecule has 21 heavy (non-hydrogen) atoms. The Bertz CT molecular complexity index is 682. The predicted molar refractivity (Wildman–Crippen MR) is 74.4 cm³/mol. The number of fused-ring (bicyclic) bond motifs is 1. The number of hydrogen-bond donors (Lipinski definition) is 0. The summed E-state index contributed by atoms with van der Waals surface area (Å²) in [7, 11) is 2.93. The van der Waals surface area contributed by atoms with Gasteiger partial charge in [-0.2, -0.15) is 0 Å². The fraction of sp³-hybridized carbons (Fsp3) is 0.417. The Morgan fingerprint density at radius 2 is 2.24 bits per heavy atom. The molecular formula is C12H13N5O4. The molecule has 0 radical (unpaired) electrons. The molecule has 110 valence electrons. The van der Waals surface area contributed by atoms with E-state index in [-0.39, 0.29) is 23.9 Å². The molecule has 1 heterocycles. The summed E-state index contributed by atoms with van der Waals surface area (Å²) in [5.41, 5.74) is 8.05. The summed E-state index contributed by atoms with van der Waals surface area (Å²) >= 11 is 0. The quantitative estimate of drug-likeness (QED) is 0.277. The molecule has 0 spiro atoms. The molecule has 0 aliphatic carbocycles. The van der Waals surface area contributed by atoms with E-state index in [1.165, 1.54) is 24.1 Å². The van der Waals surface area contributed by atoms with Gasteiger partial charge in [0.05, 0.1) is 29.2 Å². The minimum absolute atomic E-state index is 0.121. The summed E-state index contributed by atoms with van der Waals surface area (Å²) in [6.45, 7) is 1.47. The second-order valence-electron chi connectivity index (χ2n) is 4.89. The SMILES string of the molecule is COc1cc([N+](=O)[O-])cc2c1N(C)C(=O)[C@]2(C)CN=[N+]=[N-]. The van der Waals surface area contributed by atoms with Gasteiger partial charge in [0.1, 0.15) is 5.75 Å². The average Bonchev–Trinajstić information content (AvgIpc) is 2.66. The zero-order chi connectivity index (χ0) is 15.8. The zero-order valence-corrected chi connectivity index (χ0v) is 11.7. The van der Waals surface area contributed by atoms with Crippen LogP contribution in [0.25, 0.3) is 10.4 Å². The van der Waals surface area contributed by atoms with Crippen molar-refractivity contribution in [2.24, 2.45) is 5.11 Å². The molecule has 0 unspecified atom stereocenters. The van der Waals surface area contributed by atoms with Crippen molar-refractivity contribution in [1.82, 2.24) is 0 Å². The zero-order valence-electron chi connectivity index (χ0n) is 11.7. The molecule has 1 aromatic rings. The summed E-state index contributed by atoms with van der Waals surface area (Å²) < 4.78 is 5.16. The minimum atomic E-state index is -1.14. The molecule has 9 heteroatoms. The normalized spacial score (nSPS) is 20.0. The van der Waals surface area contributed by atoms with Crippen molar-refractivity contribution in [2.45, 2.75) is 12.3 Å². The number of likely N-dealkylation sites (N-methyl/N-ethyl adjacent to an activating group) is 1. The van der Waals surface area contributed by atoms with E-state index < -0.39 is 10.3 Å². The highest BCUT2D eigenvalue weighted by Crippen LogP contribution is 2.48. The maximum atomic E-state index is 12.5. The summed E-state index contributed by atoms with van der Waals surface area (Å²) in [4.78, 5) is 27.0. The third-order valence-corrected chi connectivity index (χ3v) is 3.65. The molecule has 1 aliphatic heterocycles. The first-order valence-corrected chi connectivity index (χ1v) is 6.02. The molecule has 1 aromatic carbocycles. The van der Waals surface area contributed by atoms with E-state index in [2.05, 4.69) is 10.0 Å². The van der Waals surface area contributed by atoms with Crippen molar-refractivity contribution < 1.29 is 14.5 Å². The lowest BCUT2D eigenvalue weighted by molar-refractivity contribution is -0.385. The van der Waals surface area contributed by atoms with E-state index in [9.17, 15) is 14.9 Å². The van der Waals surface area contributed by atoms with Crippen LogP contribution in [0, 0.1) is 10.1 Å². The Morgan fingerprint density at radius 1 is 1.57 bits per heavy atom. The van der Waals surface area contributed by atoms with Crippen molar-refractivity contribution in [3.05, 3.63) is 38.3 Å². The maximum absolute atomic E-state index is 12.5. The molecule has 0 bridgehead atoms. The molecule has 9 nitrogen and oxygen atoms in total. The van der Waals surface area contributed by atoms with Crippen LogP contribution in [-0.2, 0) is 10.2 Å². The van der Waals surface area contributed by atoms with Gasteiger partial charge in [0, 0.05) is 30.1 Å². The van der Waals surface area contributed by atoms with E-state index in [1.807, 2.05) is 0 Å². The first-order valence-electron chi connectivity index (χ1n) is 6.02. The number of nitrogens with zero attached hydrogens (tertiary/aromatic N) is 5. The van der Waals surface area contributed by atoms with Gasteiger partial charge in [-0.25, -0.2) is 0 Å². The topological polar surface area (TPSA) is 121 Å². The van der Waals surface area contributed by atoms with Gasteiger partial charge in [-0.05, 0) is 12.5 Å². The van der Waals surface area contributed by atoms with E-state index in [0.717, 1.165) is 0 Å². The summed E-state index contributed by atoms with van der Waals surface area (Å²) in [6, 6.07) is 2.59. The fourth-order valence-corrected chi connectivity index (χ4v) is 2.53. The van der Waals surface area contributed by atoms with Crippen LogP contribution < -0.4 is 9.64 Å². The Labute approximate surface area is 119 Å².